The molecule has 1 aromatic rings. The number of para-hydroxylation sites is 1. The molecule has 1 aromatic carbocycles. The van der Waals surface area contributed by atoms with Gasteiger partial charge in [-0.15, -0.1) is 0 Å². The summed E-state index contributed by atoms with van der Waals surface area (Å²) < 4.78 is 5.26. The van der Waals surface area contributed by atoms with Gasteiger partial charge in [-0.05, 0) is 19.4 Å². The maximum absolute atomic E-state index is 11.5. The molecule has 94 valence electrons. The lowest BCUT2D eigenvalue weighted by molar-refractivity contribution is 0.237. The fraction of sp³-hybridized carbons (Fsp3) is 0.462. The van der Waals surface area contributed by atoms with E-state index in [4.69, 9.17) is 4.74 Å². The number of ether oxygens (including phenoxy) is 1. The van der Waals surface area contributed by atoms with Crippen LogP contribution in [0.1, 0.15) is 31.9 Å². The number of rotatable bonds is 5. The number of hydrogen-bond donors (Lipinski definition) is 2. The molecule has 0 aliphatic rings. The van der Waals surface area contributed by atoms with Crippen LogP contribution in [0, 0.1) is 0 Å². The van der Waals surface area contributed by atoms with Crippen molar-refractivity contribution in [2.24, 2.45) is 0 Å². The van der Waals surface area contributed by atoms with Gasteiger partial charge in [-0.25, -0.2) is 4.79 Å². The van der Waals surface area contributed by atoms with Crippen molar-refractivity contribution in [3.05, 3.63) is 29.8 Å². The van der Waals surface area contributed by atoms with Crippen molar-refractivity contribution >= 4 is 6.03 Å². The lowest BCUT2D eigenvalue weighted by Crippen LogP contribution is -2.37. The highest BCUT2D eigenvalue weighted by atomic mass is 16.5. The Labute approximate surface area is 102 Å². The van der Waals surface area contributed by atoms with E-state index >= 15 is 0 Å². The minimum absolute atomic E-state index is 0.0805. The first-order valence-electron chi connectivity index (χ1n) is 5.86. The zero-order valence-corrected chi connectivity index (χ0v) is 10.6. The molecule has 0 spiro atoms. The van der Waals surface area contributed by atoms with E-state index in [-0.39, 0.29) is 12.1 Å². The summed E-state index contributed by atoms with van der Waals surface area (Å²) in [7, 11) is 1.63. The smallest absolute Gasteiger partial charge is 0.315 e. The van der Waals surface area contributed by atoms with Crippen LogP contribution in [0.2, 0.25) is 0 Å². The lowest BCUT2D eigenvalue weighted by Gasteiger charge is -2.17. The van der Waals surface area contributed by atoms with E-state index in [0.29, 0.717) is 6.54 Å². The summed E-state index contributed by atoms with van der Waals surface area (Å²) in [5.41, 5.74) is 0.974. The summed E-state index contributed by atoms with van der Waals surface area (Å²) in [5.74, 6) is 0.788. The Morgan fingerprint density at radius 2 is 2.12 bits per heavy atom. The zero-order chi connectivity index (χ0) is 12.7. The Bertz CT molecular complexity index is 366. The van der Waals surface area contributed by atoms with Crippen LogP contribution < -0.4 is 15.4 Å². The minimum Gasteiger partial charge on any atom is -0.496 e. The van der Waals surface area contributed by atoms with Crippen molar-refractivity contribution in [3.8, 4) is 5.75 Å². The van der Waals surface area contributed by atoms with E-state index < -0.39 is 0 Å². The zero-order valence-electron chi connectivity index (χ0n) is 10.6. The molecule has 2 amide bonds. The lowest BCUT2D eigenvalue weighted by atomic mass is 10.1. The summed E-state index contributed by atoms with van der Waals surface area (Å²) in [5, 5.41) is 5.66. The van der Waals surface area contributed by atoms with Gasteiger partial charge in [0.25, 0.3) is 0 Å². The summed E-state index contributed by atoms with van der Waals surface area (Å²) in [6.07, 6.45) is 0.927. The molecule has 4 nitrogen and oxygen atoms in total. The molecule has 4 heteroatoms. The van der Waals surface area contributed by atoms with Gasteiger partial charge in [0, 0.05) is 12.1 Å². The predicted molar refractivity (Wildman–Crippen MR) is 68.2 cm³/mol. The summed E-state index contributed by atoms with van der Waals surface area (Å²) in [6.45, 7) is 4.64. The molecule has 1 rings (SSSR count). The van der Waals surface area contributed by atoms with Gasteiger partial charge in [0.05, 0.1) is 13.2 Å². The van der Waals surface area contributed by atoms with Gasteiger partial charge in [0.2, 0.25) is 0 Å². The highest BCUT2D eigenvalue weighted by Crippen LogP contribution is 2.23. The third-order valence-electron chi connectivity index (χ3n) is 2.49. The number of urea groups is 1. The third kappa shape index (κ3) is 3.98. The second-order valence-corrected chi connectivity index (χ2v) is 3.86. The Balaban J connectivity index is 2.62. The topological polar surface area (TPSA) is 50.4 Å². The average Bonchev–Trinajstić information content (AvgIpc) is 2.36. The number of nitrogens with one attached hydrogen (secondary N) is 2. The maximum atomic E-state index is 11.5. The van der Waals surface area contributed by atoms with E-state index in [0.717, 1.165) is 17.7 Å². The molecular formula is C13H20N2O2. The quantitative estimate of drug-likeness (QED) is 0.825. The first-order valence-corrected chi connectivity index (χ1v) is 5.86. The molecule has 1 unspecified atom stereocenters. The molecule has 0 fully saturated rings. The van der Waals surface area contributed by atoms with E-state index in [1.165, 1.54) is 0 Å². The third-order valence-corrected chi connectivity index (χ3v) is 2.49. The van der Waals surface area contributed by atoms with E-state index in [9.17, 15) is 4.79 Å². The minimum atomic E-state index is -0.148. The number of carbonyl (C=O) groups excluding carboxylic acids is 1. The average molecular weight is 236 g/mol. The van der Waals surface area contributed by atoms with E-state index in [2.05, 4.69) is 10.6 Å². The van der Waals surface area contributed by atoms with E-state index in [1.807, 2.05) is 38.1 Å². The molecule has 0 bridgehead atoms. The van der Waals surface area contributed by atoms with Gasteiger partial charge in [0.15, 0.2) is 0 Å². The Kier molecular flexibility index (Phi) is 5.33. The molecule has 0 heterocycles. The van der Waals surface area contributed by atoms with Crippen LogP contribution in [0.4, 0.5) is 4.79 Å². The van der Waals surface area contributed by atoms with E-state index in [1.54, 1.807) is 7.11 Å². The molecule has 0 saturated heterocycles. The molecule has 0 aliphatic carbocycles. The van der Waals surface area contributed by atoms with Gasteiger partial charge in [0.1, 0.15) is 5.75 Å². The summed E-state index contributed by atoms with van der Waals surface area (Å²) in [4.78, 5) is 11.5. The van der Waals surface area contributed by atoms with Gasteiger partial charge in [-0.1, -0.05) is 25.1 Å². The van der Waals surface area contributed by atoms with Crippen molar-refractivity contribution in [2.75, 3.05) is 13.7 Å². The molecule has 2 N–H and O–H groups in total. The monoisotopic (exact) mass is 236 g/mol. The molecule has 17 heavy (non-hydrogen) atoms. The number of benzene rings is 1. The van der Waals surface area contributed by atoms with Crippen LogP contribution in [0.25, 0.3) is 0 Å². The molecular weight excluding hydrogens is 216 g/mol. The Hall–Kier alpha value is -1.71. The number of carbonyl (C=O) groups is 1. The van der Waals surface area contributed by atoms with Gasteiger partial charge >= 0.3 is 6.03 Å². The standard InChI is InChI=1S/C13H20N2O2/c1-4-9-14-13(16)15-10(2)11-7-5-6-8-12(11)17-3/h5-8,10H,4,9H2,1-3H3,(H2,14,15,16). The van der Waals surface area contributed by atoms with Crippen molar-refractivity contribution in [1.29, 1.82) is 0 Å². The van der Waals surface area contributed by atoms with Crippen LogP contribution in [0.3, 0.4) is 0 Å². The predicted octanol–water partition coefficient (Wildman–Crippen LogP) is 2.47. The van der Waals surface area contributed by atoms with Gasteiger partial charge in [-0.3, -0.25) is 0 Å². The fourth-order valence-corrected chi connectivity index (χ4v) is 1.59. The normalized spacial score (nSPS) is 11.7. The largest absolute Gasteiger partial charge is 0.496 e. The molecule has 0 aliphatic heterocycles. The summed E-state index contributed by atoms with van der Waals surface area (Å²) >= 11 is 0. The van der Waals surface area contributed by atoms with Crippen LogP contribution in [-0.4, -0.2) is 19.7 Å². The van der Waals surface area contributed by atoms with Crippen molar-refractivity contribution in [2.45, 2.75) is 26.3 Å². The van der Waals surface area contributed by atoms with Crippen molar-refractivity contribution in [3.63, 3.8) is 0 Å². The highest BCUT2D eigenvalue weighted by molar-refractivity contribution is 5.74. The molecule has 0 radical (unpaired) electrons. The van der Waals surface area contributed by atoms with Crippen LogP contribution in [0.15, 0.2) is 24.3 Å². The van der Waals surface area contributed by atoms with Crippen LogP contribution in [0.5, 0.6) is 5.75 Å². The summed E-state index contributed by atoms with van der Waals surface area (Å²) in [6, 6.07) is 7.45. The van der Waals surface area contributed by atoms with Crippen molar-refractivity contribution in [1.82, 2.24) is 10.6 Å². The number of methoxy groups -OCH3 is 1. The fourth-order valence-electron chi connectivity index (χ4n) is 1.59. The SMILES string of the molecule is CCCNC(=O)NC(C)c1ccccc1OC. The molecule has 0 aromatic heterocycles. The first-order chi connectivity index (χ1) is 8.19. The van der Waals surface area contributed by atoms with Gasteiger partial charge < -0.3 is 15.4 Å². The highest BCUT2D eigenvalue weighted by Gasteiger charge is 2.12. The second-order valence-electron chi connectivity index (χ2n) is 3.86. The first kappa shape index (κ1) is 13.4. The van der Waals surface area contributed by atoms with Gasteiger partial charge in [-0.2, -0.15) is 0 Å². The number of amides is 2. The molecule has 1 atom stereocenters. The van der Waals surface area contributed by atoms with Crippen LogP contribution >= 0.6 is 0 Å². The molecule has 0 saturated carbocycles. The second kappa shape index (κ2) is 6.78. The Morgan fingerprint density at radius 1 is 1.41 bits per heavy atom. The number of hydrogen-bond acceptors (Lipinski definition) is 2. The van der Waals surface area contributed by atoms with Crippen molar-refractivity contribution < 1.29 is 9.53 Å². The Morgan fingerprint density at radius 3 is 2.76 bits per heavy atom. The van der Waals surface area contributed by atoms with Crippen LogP contribution in [-0.2, 0) is 0 Å². The maximum Gasteiger partial charge on any atom is 0.315 e.